The van der Waals surface area contributed by atoms with Crippen LogP contribution < -0.4 is 4.90 Å². The molecule has 16 heavy (non-hydrogen) atoms. The van der Waals surface area contributed by atoms with Crippen molar-refractivity contribution in [1.29, 1.82) is 5.26 Å². The van der Waals surface area contributed by atoms with Crippen LogP contribution in [0.25, 0.3) is 0 Å². The summed E-state index contributed by atoms with van der Waals surface area (Å²) in [5.41, 5.74) is 1.46. The van der Waals surface area contributed by atoms with Gasteiger partial charge in [0.25, 0.3) is 0 Å². The minimum atomic E-state index is 0.174. The van der Waals surface area contributed by atoms with E-state index in [0.29, 0.717) is 12.0 Å². The van der Waals surface area contributed by atoms with Crippen molar-refractivity contribution in [3.8, 4) is 6.07 Å². The van der Waals surface area contributed by atoms with E-state index in [2.05, 4.69) is 6.07 Å². The molecule has 1 aromatic rings. The summed E-state index contributed by atoms with van der Waals surface area (Å²) in [4.78, 5) is 13.7. The highest BCUT2D eigenvalue weighted by Gasteiger charge is 2.18. The summed E-state index contributed by atoms with van der Waals surface area (Å²) in [6.07, 6.45) is 3.76. The van der Waals surface area contributed by atoms with Crippen molar-refractivity contribution in [2.24, 2.45) is 0 Å². The van der Waals surface area contributed by atoms with Crippen LogP contribution in [-0.4, -0.2) is 12.5 Å². The van der Waals surface area contributed by atoms with Gasteiger partial charge in [0.2, 0.25) is 5.91 Å². The molecule has 0 unspecified atom stereocenters. The van der Waals surface area contributed by atoms with Gasteiger partial charge in [-0.25, -0.2) is 0 Å². The Labute approximate surface area is 95.3 Å². The molecule has 0 saturated carbocycles. The Kier molecular flexibility index (Phi) is 3.21. The number of hydrogen-bond acceptors (Lipinski definition) is 2. The number of nitrogens with zero attached hydrogens (tertiary/aromatic N) is 2. The second-order valence-electron chi connectivity index (χ2n) is 4.02. The number of carbonyl (C=O) groups excluding carboxylic acids is 1. The number of hydrogen-bond donors (Lipinski definition) is 0. The highest BCUT2D eigenvalue weighted by Crippen LogP contribution is 2.21. The fourth-order valence-corrected chi connectivity index (χ4v) is 2.00. The SMILES string of the molecule is N#Cc1cccc(N2CCCCCC2=O)c1. The largest absolute Gasteiger partial charge is 0.312 e. The molecule has 0 atom stereocenters. The van der Waals surface area contributed by atoms with Crippen LogP contribution >= 0.6 is 0 Å². The van der Waals surface area contributed by atoms with E-state index < -0.39 is 0 Å². The lowest BCUT2D eigenvalue weighted by Crippen LogP contribution is -2.29. The van der Waals surface area contributed by atoms with Crippen molar-refractivity contribution >= 4 is 11.6 Å². The third kappa shape index (κ3) is 2.22. The minimum absolute atomic E-state index is 0.174. The molecule has 3 heteroatoms. The molecule has 1 amide bonds. The van der Waals surface area contributed by atoms with Crippen LogP contribution in [0.1, 0.15) is 31.2 Å². The summed E-state index contributed by atoms with van der Waals surface area (Å²) in [7, 11) is 0. The van der Waals surface area contributed by atoms with Crippen LogP contribution in [0.5, 0.6) is 0 Å². The molecule has 0 N–H and O–H groups in total. The van der Waals surface area contributed by atoms with E-state index in [0.717, 1.165) is 31.5 Å². The van der Waals surface area contributed by atoms with Crippen molar-refractivity contribution in [2.45, 2.75) is 25.7 Å². The molecule has 0 aliphatic carbocycles. The van der Waals surface area contributed by atoms with E-state index in [1.165, 1.54) is 0 Å². The smallest absolute Gasteiger partial charge is 0.226 e. The van der Waals surface area contributed by atoms with E-state index in [-0.39, 0.29) is 5.91 Å². The number of benzene rings is 1. The summed E-state index contributed by atoms with van der Waals surface area (Å²) in [5, 5.41) is 8.83. The average molecular weight is 214 g/mol. The molecule has 1 aliphatic heterocycles. The number of anilines is 1. The van der Waals surface area contributed by atoms with Gasteiger partial charge in [-0.1, -0.05) is 12.5 Å². The Morgan fingerprint density at radius 3 is 2.94 bits per heavy atom. The standard InChI is InChI=1S/C13H14N2O/c14-10-11-5-4-6-12(9-11)15-8-3-1-2-7-13(15)16/h4-6,9H,1-3,7-8H2. The first kappa shape index (κ1) is 10.7. The van der Waals surface area contributed by atoms with Gasteiger partial charge in [-0.05, 0) is 31.0 Å². The van der Waals surface area contributed by atoms with Gasteiger partial charge in [0.1, 0.15) is 0 Å². The van der Waals surface area contributed by atoms with E-state index in [1.54, 1.807) is 17.0 Å². The molecule has 2 rings (SSSR count). The molecule has 0 bridgehead atoms. The number of amides is 1. The fraction of sp³-hybridized carbons (Fsp3) is 0.385. The van der Waals surface area contributed by atoms with E-state index >= 15 is 0 Å². The maximum Gasteiger partial charge on any atom is 0.226 e. The van der Waals surface area contributed by atoms with Crippen LogP contribution in [0, 0.1) is 11.3 Å². The van der Waals surface area contributed by atoms with Gasteiger partial charge in [0, 0.05) is 18.7 Å². The second-order valence-corrected chi connectivity index (χ2v) is 4.02. The monoisotopic (exact) mass is 214 g/mol. The summed E-state index contributed by atoms with van der Waals surface area (Å²) < 4.78 is 0. The molecule has 1 heterocycles. The molecule has 3 nitrogen and oxygen atoms in total. The van der Waals surface area contributed by atoms with Crippen LogP contribution in [0.4, 0.5) is 5.69 Å². The van der Waals surface area contributed by atoms with Gasteiger partial charge >= 0.3 is 0 Å². The Bertz CT molecular complexity index is 434. The third-order valence-electron chi connectivity index (χ3n) is 2.86. The van der Waals surface area contributed by atoms with Crippen molar-refractivity contribution in [2.75, 3.05) is 11.4 Å². The quantitative estimate of drug-likeness (QED) is 0.720. The number of nitriles is 1. The summed E-state index contributed by atoms with van der Waals surface area (Å²) in [6.45, 7) is 0.772. The predicted octanol–water partition coefficient (Wildman–Crippen LogP) is 2.47. The van der Waals surface area contributed by atoms with Gasteiger partial charge in [0.05, 0.1) is 11.6 Å². The van der Waals surface area contributed by atoms with E-state index in [9.17, 15) is 4.79 Å². The first-order valence-electron chi connectivity index (χ1n) is 5.62. The second kappa shape index (κ2) is 4.80. The molecular formula is C13H14N2O. The predicted molar refractivity (Wildman–Crippen MR) is 62.0 cm³/mol. The van der Waals surface area contributed by atoms with Gasteiger partial charge in [-0.2, -0.15) is 5.26 Å². The maximum atomic E-state index is 11.9. The fourth-order valence-electron chi connectivity index (χ4n) is 2.00. The van der Waals surface area contributed by atoms with Crippen molar-refractivity contribution in [1.82, 2.24) is 0 Å². The molecule has 1 fully saturated rings. The third-order valence-corrected chi connectivity index (χ3v) is 2.86. The van der Waals surface area contributed by atoms with E-state index in [1.807, 2.05) is 12.1 Å². The zero-order valence-electron chi connectivity index (χ0n) is 9.15. The maximum absolute atomic E-state index is 11.9. The summed E-state index contributed by atoms with van der Waals surface area (Å²) >= 11 is 0. The van der Waals surface area contributed by atoms with E-state index in [4.69, 9.17) is 5.26 Å². The zero-order chi connectivity index (χ0) is 11.4. The van der Waals surface area contributed by atoms with Crippen LogP contribution in [0.15, 0.2) is 24.3 Å². The first-order valence-corrected chi connectivity index (χ1v) is 5.62. The Morgan fingerprint density at radius 2 is 2.12 bits per heavy atom. The molecule has 1 aromatic carbocycles. The van der Waals surface area contributed by atoms with Gasteiger partial charge in [-0.3, -0.25) is 4.79 Å². The molecule has 0 radical (unpaired) electrons. The summed E-state index contributed by atoms with van der Waals surface area (Å²) in [6, 6.07) is 9.35. The summed E-state index contributed by atoms with van der Waals surface area (Å²) in [5.74, 6) is 0.174. The molecule has 0 spiro atoms. The van der Waals surface area contributed by atoms with Gasteiger partial charge < -0.3 is 4.90 Å². The molecule has 1 aliphatic rings. The van der Waals surface area contributed by atoms with Gasteiger partial charge in [0.15, 0.2) is 0 Å². The lowest BCUT2D eigenvalue weighted by Gasteiger charge is -2.20. The zero-order valence-corrected chi connectivity index (χ0v) is 9.15. The number of carbonyl (C=O) groups is 1. The normalized spacial score (nSPS) is 16.7. The molecule has 0 aromatic heterocycles. The topological polar surface area (TPSA) is 44.1 Å². The molecule has 1 saturated heterocycles. The van der Waals surface area contributed by atoms with Crippen LogP contribution in [0.3, 0.4) is 0 Å². The van der Waals surface area contributed by atoms with Crippen molar-refractivity contribution in [3.63, 3.8) is 0 Å². The molecule has 82 valence electrons. The minimum Gasteiger partial charge on any atom is -0.312 e. The van der Waals surface area contributed by atoms with Crippen molar-refractivity contribution in [3.05, 3.63) is 29.8 Å². The van der Waals surface area contributed by atoms with Gasteiger partial charge in [-0.15, -0.1) is 0 Å². The van der Waals surface area contributed by atoms with Crippen molar-refractivity contribution < 1.29 is 4.79 Å². The van der Waals surface area contributed by atoms with Crippen LogP contribution in [0.2, 0.25) is 0 Å². The highest BCUT2D eigenvalue weighted by atomic mass is 16.2. The highest BCUT2D eigenvalue weighted by molar-refractivity contribution is 5.93. The van der Waals surface area contributed by atoms with Crippen LogP contribution in [-0.2, 0) is 4.79 Å². The average Bonchev–Trinajstić information content (AvgIpc) is 2.54. The number of rotatable bonds is 1. The first-order chi connectivity index (χ1) is 7.81. The lowest BCUT2D eigenvalue weighted by molar-refractivity contribution is -0.118. The Hall–Kier alpha value is -1.82. The molecular weight excluding hydrogens is 200 g/mol. The lowest BCUT2D eigenvalue weighted by atomic mass is 10.2. The Balaban J connectivity index is 2.27. The Morgan fingerprint density at radius 1 is 1.25 bits per heavy atom.